The highest BCUT2D eigenvalue weighted by Crippen LogP contribution is 2.22. The van der Waals surface area contributed by atoms with Gasteiger partial charge in [0.25, 0.3) is 11.8 Å². The molecule has 3 aromatic rings. The van der Waals surface area contributed by atoms with Gasteiger partial charge in [0.1, 0.15) is 11.5 Å². The van der Waals surface area contributed by atoms with Crippen molar-refractivity contribution in [3.8, 4) is 10.8 Å². The Labute approximate surface area is 147 Å². The zero-order valence-corrected chi connectivity index (χ0v) is 14.2. The average molecular weight is 356 g/mol. The molecule has 0 aliphatic carbocycles. The van der Waals surface area contributed by atoms with Gasteiger partial charge in [0.05, 0.1) is 23.8 Å². The maximum Gasteiger partial charge on any atom is 0.274 e. The largest absolute Gasteiger partial charge is 0.361 e. The Morgan fingerprint density at radius 3 is 2.96 bits per heavy atom. The van der Waals surface area contributed by atoms with E-state index in [9.17, 15) is 4.79 Å². The van der Waals surface area contributed by atoms with Gasteiger partial charge in [-0.15, -0.1) is 11.3 Å². The van der Waals surface area contributed by atoms with Gasteiger partial charge in [0.2, 0.25) is 0 Å². The zero-order chi connectivity index (χ0) is 17.1. The number of thiophene rings is 1. The Hall–Kier alpha value is -2.81. The highest BCUT2D eigenvalue weighted by Gasteiger charge is 2.21. The van der Waals surface area contributed by atoms with Crippen LogP contribution in [-0.4, -0.2) is 44.0 Å². The van der Waals surface area contributed by atoms with Crippen molar-refractivity contribution in [3.05, 3.63) is 41.4 Å². The molecule has 1 amide bonds. The van der Waals surface area contributed by atoms with Crippen LogP contribution in [0.1, 0.15) is 29.2 Å². The molecular weight excluding hydrogens is 340 g/mol. The van der Waals surface area contributed by atoms with Gasteiger partial charge >= 0.3 is 0 Å². The summed E-state index contributed by atoms with van der Waals surface area (Å²) >= 11 is 1.54. The van der Waals surface area contributed by atoms with E-state index in [4.69, 9.17) is 4.52 Å². The molecule has 1 aliphatic heterocycles. The lowest BCUT2D eigenvalue weighted by atomic mass is 10.4. The number of hydrogen-bond donors (Lipinski definition) is 1. The average Bonchev–Trinajstić information content (AvgIpc) is 3.41. The van der Waals surface area contributed by atoms with Crippen molar-refractivity contribution in [2.75, 3.05) is 18.4 Å². The Morgan fingerprint density at radius 2 is 2.16 bits per heavy atom. The van der Waals surface area contributed by atoms with Crippen LogP contribution in [0.15, 0.2) is 34.4 Å². The molecule has 0 radical (unpaired) electrons. The summed E-state index contributed by atoms with van der Waals surface area (Å²) in [7, 11) is 0. The molecule has 8 nitrogen and oxygen atoms in total. The smallest absolute Gasteiger partial charge is 0.274 e. The van der Waals surface area contributed by atoms with E-state index in [1.807, 2.05) is 17.5 Å². The normalized spacial score (nSPS) is 14.0. The molecular formula is C16H16N6O2S. The van der Waals surface area contributed by atoms with Crippen LogP contribution >= 0.6 is 11.3 Å². The number of carbonyl (C=O) groups is 1. The Bertz CT molecular complexity index is 857. The van der Waals surface area contributed by atoms with Gasteiger partial charge in [-0.25, -0.2) is 4.98 Å². The summed E-state index contributed by atoms with van der Waals surface area (Å²) in [4.78, 5) is 27.9. The van der Waals surface area contributed by atoms with Gasteiger partial charge in [0, 0.05) is 13.1 Å². The van der Waals surface area contributed by atoms with Crippen molar-refractivity contribution in [1.29, 1.82) is 0 Å². The Morgan fingerprint density at radius 1 is 1.28 bits per heavy atom. The second-order valence-electron chi connectivity index (χ2n) is 5.64. The van der Waals surface area contributed by atoms with Crippen LogP contribution in [0.3, 0.4) is 0 Å². The molecule has 0 bridgehead atoms. The molecule has 1 fully saturated rings. The lowest BCUT2D eigenvalue weighted by Crippen LogP contribution is -2.28. The van der Waals surface area contributed by atoms with Crippen LogP contribution in [0.25, 0.3) is 10.8 Å². The van der Waals surface area contributed by atoms with Crippen LogP contribution < -0.4 is 5.32 Å². The molecule has 0 saturated carbocycles. The molecule has 0 unspecified atom stereocenters. The van der Waals surface area contributed by atoms with E-state index in [0.29, 0.717) is 29.8 Å². The number of nitrogens with one attached hydrogen (secondary N) is 1. The van der Waals surface area contributed by atoms with Gasteiger partial charge in [-0.2, -0.15) is 4.98 Å². The SMILES string of the molecule is O=C(c1cncc(NCc2noc(-c3cccs3)n2)n1)N1CCCC1. The highest BCUT2D eigenvalue weighted by molar-refractivity contribution is 7.13. The van der Waals surface area contributed by atoms with E-state index in [1.165, 1.54) is 17.5 Å². The van der Waals surface area contributed by atoms with Crippen molar-refractivity contribution < 1.29 is 9.32 Å². The van der Waals surface area contributed by atoms with Crippen LogP contribution in [0, 0.1) is 0 Å². The molecule has 1 N–H and O–H groups in total. The standard InChI is InChI=1S/C16H16N6O2S/c23-16(22-5-1-2-6-22)11-8-17-9-13(19-11)18-10-14-20-15(24-21-14)12-4-3-7-25-12/h3-4,7-9H,1-2,5-6,10H2,(H,18,19). The zero-order valence-electron chi connectivity index (χ0n) is 13.4. The molecule has 1 aliphatic rings. The van der Waals surface area contributed by atoms with Gasteiger partial charge in [-0.1, -0.05) is 11.2 Å². The fourth-order valence-electron chi connectivity index (χ4n) is 2.63. The fraction of sp³-hybridized carbons (Fsp3) is 0.312. The predicted octanol–water partition coefficient (Wildman–Crippen LogP) is 2.44. The lowest BCUT2D eigenvalue weighted by molar-refractivity contribution is 0.0786. The van der Waals surface area contributed by atoms with Crippen LogP contribution in [0.2, 0.25) is 0 Å². The number of aromatic nitrogens is 4. The summed E-state index contributed by atoms with van der Waals surface area (Å²) in [6.45, 7) is 1.91. The quantitative estimate of drug-likeness (QED) is 0.750. The molecule has 4 rings (SSSR count). The van der Waals surface area contributed by atoms with Gasteiger partial charge in [-0.3, -0.25) is 9.78 Å². The summed E-state index contributed by atoms with van der Waals surface area (Å²) in [6, 6.07) is 3.86. The topological polar surface area (TPSA) is 97.0 Å². The van der Waals surface area contributed by atoms with Gasteiger partial charge in [-0.05, 0) is 24.3 Å². The maximum absolute atomic E-state index is 12.4. The first kappa shape index (κ1) is 15.7. The van der Waals surface area contributed by atoms with Crippen molar-refractivity contribution in [2.45, 2.75) is 19.4 Å². The minimum Gasteiger partial charge on any atom is -0.361 e. The van der Waals surface area contributed by atoms with Crippen LogP contribution in [0.4, 0.5) is 5.82 Å². The van der Waals surface area contributed by atoms with Gasteiger partial charge < -0.3 is 14.7 Å². The van der Waals surface area contributed by atoms with Crippen LogP contribution in [0.5, 0.6) is 0 Å². The van der Waals surface area contributed by atoms with E-state index in [-0.39, 0.29) is 5.91 Å². The highest BCUT2D eigenvalue weighted by atomic mass is 32.1. The molecule has 0 atom stereocenters. The number of anilines is 1. The Kier molecular flexibility index (Phi) is 4.38. The van der Waals surface area contributed by atoms with Crippen molar-refractivity contribution in [2.24, 2.45) is 0 Å². The van der Waals surface area contributed by atoms with E-state index >= 15 is 0 Å². The number of rotatable bonds is 5. The number of amides is 1. The third kappa shape index (κ3) is 3.50. The van der Waals surface area contributed by atoms with Crippen LogP contribution in [-0.2, 0) is 6.54 Å². The summed E-state index contributed by atoms with van der Waals surface area (Å²) in [6.07, 6.45) is 5.15. The molecule has 4 heterocycles. The second kappa shape index (κ2) is 6.98. The maximum atomic E-state index is 12.4. The minimum absolute atomic E-state index is 0.0757. The fourth-order valence-corrected chi connectivity index (χ4v) is 3.28. The van der Waals surface area contributed by atoms with Crippen molar-refractivity contribution >= 4 is 23.1 Å². The third-order valence-corrected chi connectivity index (χ3v) is 4.73. The first-order valence-corrected chi connectivity index (χ1v) is 8.89. The number of nitrogens with zero attached hydrogens (tertiary/aromatic N) is 5. The van der Waals surface area contributed by atoms with E-state index < -0.39 is 0 Å². The Balaban J connectivity index is 1.41. The first-order chi connectivity index (χ1) is 12.3. The molecule has 0 spiro atoms. The lowest BCUT2D eigenvalue weighted by Gasteiger charge is -2.14. The molecule has 25 heavy (non-hydrogen) atoms. The van der Waals surface area contributed by atoms with E-state index in [2.05, 4.69) is 25.4 Å². The summed E-state index contributed by atoms with van der Waals surface area (Å²) < 4.78 is 5.24. The molecule has 0 aromatic carbocycles. The molecule has 128 valence electrons. The van der Waals surface area contributed by atoms with Crippen molar-refractivity contribution in [1.82, 2.24) is 25.0 Å². The summed E-state index contributed by atoms with van der Waals surface area (Å²) in [5.41, 5.74) is 0.347. The van der Waals surface area contributed by atoms with Crippen molar-refractivity contribution in [3.63, 3.8) is 0 Å². The monoisotopic (exact) mass is 356 g/mol. The number of hydrogen-bond acceptors (Lipinski definition) is 8. The second-order valence-corrected chi connectivity index (χ2v) is 6.58. The summed E-state index contributed by atoms with van der Waals surface area (Å²) in [5.74, 6) is 1.44. The molecule has 3 aromatic heterocycles. The third-order valence-electron chi connectivity index (χ3n) is 3.87. The van der Waals surface area contributed by atoms with E-state index in [1.54, 1.807) is 11.1 Å². The number of carbonyl (C=O) groups excluding carboxylic acids is 1. The molecule has 9 heteroatoms. The summed E-state index contributed by atoms with van der Waals surface area (Å²) in [5, 5.41) is 8.98. The molecule has 1 saturated heterocycles. The van der Waals surface area contributed by atoms with E-state index in [0.717, 1.165) is 30.8 Å². The number of likely N-dealkylation sites (tertiary alicyclic amines) is 1. The first-order valence-electron chi connectivity index (χ1n) is 8.01. The predicted molar refractivity (Wildman–Crippen MR) is 92.1 cm³/mol. The minimum atomic E-state index is -0.0757. The van der Waals surface area contributed by atoms with Gasteiger partial charge in [0.15, 0.2) is 5.82 Å².